The Morgan fingerprint density at radius 2 is 2.15 bits per heavy atom. The predicted octanol–water partition coefficient (Wildman–Crippen LogP) is 2.50. The zero-order valence-corrected chi connectivity index (χ0v) is 11.2. The van der Waals surface area contributed by atoms with Crippen LogP contribution in [-0.4, -0.2) is 28.1 Å². The van der Waals surface area contributed by atoms with Crippen molar-refractivity contribution in [1.29, 1.82) is 0 Å². The van der Waals surface area contributed by atoms with E-state index in [1.54, 1.807) is 7.11 Å². The number of nitrogens with zero attached hydrogens (tertiary/aromatic N) is 2. The van der Waals surface area contributed by atoms with Crippen LogP contribution in [-0.2, 0) is 6.54 Å². The molecule has 0 bridgehead atoms. The second-order valence-corrected chi connectivity index (χ2v) is 4.59. The van der Waals surface area contributed by atoms with Gasteiger partial charge in [-0.2, -0.15) is 0 Å². The smallest absolute Gasteiger partial charge is 0.215 e. The topological polar surface area (TPSA) is 81.1 Å². The van der Waals surface area contributed by atoms with Gasteiger partial charge in [0, 0.05) is 11.6 Å². The third kappa shape index (κ3) is 1.85. The van der Waals surface area contributed by atoms with Gasteiger partial charge in [0.2, 0.25) is 5.88 Å². The van der Waals surface area contributed by atoms with E-state index in [4.69, 9.17) is 4.74 Å². The van der Waals surface area contributed by atoms with E-state index >= 15 is 0 Å². The van der Waals surface area contributed by atoms with E-state index in [1.165, 1.54) is 6.07 Å². The molecule has 1 aromatic heterocycles. The minimum atomic E-state index is -0.0876. The number of hydrogen-bond acceptors (Lipinski definition) is 5. The van der Waals surface area contributed by atoms with E-state index in [0.29, 0.717) is 12.2 Å². The molecular weight excluding hydrogens is 258 g/mol. The molecule has 1 aliphatic rings. The molecule has 0 radical (unpaired) electrons. The van der Waals surface area contributed by atoms with Gasteiger partial charge in [0.25, 0.3) is 0 Å². The molecule has 6 nitrogen and oxygen atoms in total. The van der Waals surface area contributed by atoms with Crippen LogP contribution in [0.1, 0.15) is 12.5 Å². The zero-order chi connectivity index (χ0) is 14.3. The molecule has 0 spiro atoms. The quantitative estimate of drug-likeness (QED) is 0.785. The molecule has 0 saturated heterocycles. The van der Waals surface area contributed by atoms with Crippen LogP contribution in [0.15, 0.2) is 29.3 Å². The summed E-state index contributed by atoms with van der Waals surface area (Å²) in [4.78, 5) is 8.80. The number of ether oxygens (including phenoxy) is 1. The van der Waals surface area contributed by atoms with Crippen molar-refractivity contribution in [1.82, 2.24) is 4.98 Å². The first-order valence-corrected chi connectivity index (χ1v) is 6.20. The highest BCUT2D eigenvalue weighted by Crippen LogP contribution is 2.39. The van der Waals surface area contributed by atoms with Crippen LogP contribution < -0.4 is 9.64 Å². The minimum Gasteiger partial charge on any atom is -0.496 e. The SMILES string of the molecule is COc1cccc2c1CN(c1cc(O)[nH]c1O)C(C)=N2. The van der Waals surface area contributed by atoms with E-state index < -0.39 is 0 Å². The van der Waals surface area contributed by atoms with Crippen LogP contribution in [0.4, 0.5) is 11.4 Å². The summed E-state index contributed by atoms with van der Waals surface area (Å²) in [5.41, 5.74) is 2.29. The normalized spacial score (nSPS) is 13.9. The first-order chi connectivity index (χ1) is 9.60. The van der Waals surface area contributed by atoms with Crippen molar-refractivity contribution in [3.8, 4) is 17.5 Å². The van der Waals surface area contributed by atoms with E-state index in [0.717, 1.165) is 22.8 Å². The van der Waals surface area contributed by atoms with E-state index in [1.807, 2.05) is 30.0 Å². The maximum Gasteiger partial charge on any atom is 0.215 e. The summed E-state index contributed by atoms with van der Waals surface area (Å²) in [6.45, 7) is 2.37. The number of methoxy groups -OCH3 is 1. The molecule has 0 aliphatic carbocycles. The Balaban J connectivity index is 2.08. The number of benzene rings is 1. The number of aromatic amines is 1. The minimum absolute atomic E-state index is 0.0869. The maximum atomic E-state index is 9.83. The summed E-state index contributed by atoms with van der Waals surface area (Å²) in [5, 5.41) is 19.3. The average molecular weight is 273 g/mol. The van der Waals surface area contributed by atoms with Crippen molar-refractivity contribution in [3.05, 3.63) is 29.8 Å². The number of hydrogen-bond donors (Lipinski definition) is 3. The fraction of sp³-hybridized carbons (Fsp3) is 0.214. The lowest BCUT2D eigenvalue weighted by Gasteiger charge is -2.28. The number of anilines is 1. The van der Waals surface area contributed by atoms with Gasteiger partial charge in [0.15, 0.2) is 5.88 Å². The molecule has 0 unspecified atom stereocenters. The Morgan fingerprint density at radius 3 is 2.80 bits per heavy atom. The van der Waals surface area contributed by atoms with Crippen LogP contribution in [0.25, 0.3) is 0 Å². The number of nitrogens with one attached hydrogen (secondary N) is 1. The largest absolute Gasteiger partial charge is 0.496 e. The molecular formula is C14H15N3O3. The Hall–Kier alpha value is -2.63. The lowest BCUT2D eigenvalue weighted by atomic mass is 10.1. The van der Waals surface area contributed by atoms with Gasteiger partial charge in [-0.25, -0.2) is 4.99 Å². The molecule has 2 aromatic rings. The average Bonchev–Trinajstić information content (AvgIpc) is 2.76. The van der Waals surface area contributed by atoms with Crippen LogP contribution >= 0.6 is 0 Å². The van der Waals surface area contributed by atoms with Gasteiger partial charge in [-0.3, -0.25) is 4.98 Å². The number of rotatable bonds is 2. The number of aliphatic imine (C=N–C) groups is 1. The number of aromatic nitrogens is 1. The van der Waals surface area contributed by atoms with E-state index in [2.05, 4.69) is 9.98 Å². The third-order valence-electron chi connectivity index (χ3n) is 3.37. The molecule has 104 valence electrons. The third-order valence-corrected chi connectivity index (χ3v) is 3.37. The molecule has 0 fully saturated rings. The van der Waals surface area contributed by atoms with E-state index in [9.17, 15) is 10.2 Å². The monoisotopic (exact) mass is 273 g/mol. The first kappa shape index (κ1) is 12.4. The highest BCUT2D eigenvalue weighted by atomic mass is 16.5. The predicted molar refractivity (Wildman–Crippen MR) is 76.1 cm³/mol. The van der Waals surface area contributed by atoms with Crippen molar-refractivity contribution in [2.24, 2.45) is 4.99 Å². The van der Waals surface area contributed by atoms with Gasteiger partial charge in [0.05, 0.1) is 19.3 Å². The van der Waals surface area contributed by atoms with Crippen molar-refractivity contribution < 1.29 is 14.9 Å². The highest BCUT2D eigenvalue weighted by Gasteiger charge is 2.24. The van der Waals surface area contributed by atoms with Gasteiger partial charge in [-0.05, 0) is 19.1 Å². The fourth-order valence-corrected chi connectivity index (χ4v) is 2.40. The summed E-state index contributed by atoms with van der Waals surface area (Å²) < 4.78 is 5.35. The van der Waals surface area contributed by atoms with Gasteiger partial charge in [0.1, 0.15) is 17.3 Å². The van der Waals surface area contributed by atoms with Crippen LogP contribution in [0.3, 0.4) is 0 Å². The second-order valence-electron chi connectivity index (χ2n) is 4.59. The summed E-state index contributed by atoms with van der Waals surface area (Å²) in [7, 11) is 1.62. The van der Waals surface area contributed by atoms with Gasteiger partial charge in [-0.15, -0.1) is 0 Å². The molecule has 20 heavy (non-hydrogen) atoms. The van der Waals surface area contributed by atoms with Crippen LogP contribution in [0.2, 0.25) is 0 Å². The molecule has 2 heterocycles. The zero-order valence-electron chi connectivity index (χ0n) is 11.2. The molecule has 3 rings (SSSR count). The Kier molecular flexibility index (Phi) is 2.78. The van der Waals surface area contributed by atoms with Crippen LogP contribution in [0.5, 0.6) is 17.5 Å². The molecule has 1 aliphatic heterocycles. The second kappa shape index (κ2) is 4.48. The standard InChI is InChI=1S/C14H15N3O3/c1-8-15-10-4-3-5-12(20-2)9(10)7-17(8)11-6-13(18)16-14(11)19/h3-6,16,18-19H,7H2,1-2H3. The summed E-state index contributed by atoms with van der Waals surface area (Å²) in [6.07, 6.45) is 0. The molecule has 0 amide bonds. The fourth-order valence-electron chi connectivity index (χ4n) is 2.40. The van der Waals surface area contributed by atoms with Crippen molar-refractivity contribution >= 4 is 17.2 Å². The number of aromatic hydroxyl groups is 2. The Morgan fingerprint density at radius 1 is 1.35 bits per heavy atom. The van der Waals surface area contributed by atoms with Crippen molar-refractivity contribution in [2.75, 3.05) is 12.0 Å². The van der Waals surface area contributed by atoms with Crippen LogP contribution in [0, 0.1) is 0 Å². The Labute approximate surface area is 116 Å². The van der Waals surface area contributed by atoms with Gasteiger partial charge in [-0.1, -0.05) is 6.07 Å². The Bertz CT molecular complexity index is 691. The van der Waals surface area contributed by atoms with Crippen molar-refractivity contribution in [2.45, 2.75) is 13.5 Å². The maximum absolute atomic E-state index is 9.83. The van der Waals surface area contributed by atoms with E-state index in [-0.39, 0.29) is 11.8 Å². The lowest BCUT2D eigenvalue weighted by Crippen LogP contribution is -2.30. The molecule has 1 aromatic carbocycles. The highest BCUT2D eigenvalue weighted by molar-refractivity contribution is 6.00. The van der Waals surface area contributed by atoms with Gasteiger partial charge < -0.3 is 19.8 Å². The summed E-state index contributed by atoms with van der Waals surface area (Å²) in [6, 6.07) is 7.16. The molecule has 0 saturated carbocycles. The number of amidine groups is 1. The lowest BCUT2D eigenvalue weighted by molar-refractivity contribution is 0.409. The van der Waals surface area contributed by atoms with Gasteiger partial charge >= 0.3 is 0 Å². The molecule has 6 heteroatoms. The summed E-state index contributed by atoms with van der Waals surface area (Å²) in [5.74, 6) is 1.31. The van der Waals surface area contributed by atoms with Crippen molar-refractivity contribution in [3.63, 3.8) is 0 Å². The molecule has 3 N–H and O–H groups in total. The first-order valence-electron chi connectivity index (χ1n) is 6.20. The summed E-state index contributed by atoms with van der Waals surface area (Å²) >= 11 is 0. The number of fused-ring (bicyclic) bond motifs is 1. The number of H-pyrrole nitrogens is 1. The molecule has 0 atom stereocenters.